The minimum Gasteiger partial charge on any atom is -0.460 e. The molecule has 1 N–H and O–H groups in total. The van der Waals surface area contributed by atoms with Crippen LogP contribution in [0.25, 0.3) is 0 Å². The summed E-state index contributed by atoms with van der Waals surface area (Å²) in [7, 11) is 0. The molecule has 0 saturated carbocycles. The van der Waals surface area contributed by atoms with Crippen molar-refractivity contribution in [2.45, 2.75) is 19.1 Å². The van der Waals surface area contributed by atoms with Crippen molar-refractivity contribution in [3.63, 3.8) is 0 Å². The second-order valence-electron chi connectivity index (χ2n) is 4.98. The van der Waals surface area contributed by atoms with Crippen LogP contribution in [-0.2, 0) is 22.7 Å². The van der Waals surface area contributed by atoms with Crippen molar-refractivity contribution in [2.75, 3.05) is 6.54 Å². The normalized spacial score (nSPS) is 17.3. The van der Waals surface area contributed by atoms with Crippen molar-refractivity contribution in [2.24, 2.45) is 0 Å². The molecule has 1 aliphatic rings. The van der Waals surface area contributed by atoms with Gasteiger partial charge in [-0.1, -0.05) is 54.6 Å². The third-order valence-electron chi connectivity index (χ3n) is 3.60. The highest BCUT2D eigenvalue weighted by atomic mass is 16.5. The quantitative estimate of drug-likeness (QED) is 0.869. The van der Waals surface area contributed by atoms with Crippen LogP contribution in [-0.4, -0.2) is 12.5 Å². The molecule has 0 saturated heterocycles. The fraction of sp³-hybridized carbons (Fsp3) is 0.235. The summed E-state index contributed by atoms with van der Waals surface area (Å²) < 4.78 is 5.45. The van der Waals surface area contributed by atoms with E-state index >= 15 is 0 Å². The predicted octanol–water partition coefficient (Wildman–Crippen LogP) is 2.62. The van der Waals surface area contributed by atoms with E-state index in [2.05, 4.69) is 11.4 Å². The van der Waals surface area contributed by atoms with Gasteiger partial charge in [-0.2, -0.15) is 0 Å². The van der Waals surface area contributed by atoms with E-state index in [-0.39, 0.29) is 11.9 Å². The van der Waals surface area contributed by atoms with Gasteiger partial charge in [0.25, 0.3) is 0 Å². The Morgan fingerprint density at radius 3 is 2.70 bits per heavy atom. The van der Waals surface area contributed by atoms with Crippen LogP contribution in [0.1, 0.15) is 22.6 Å². The first-order valence-corrected chi connectivity index (χ1v) is 6.83. The Morgan fingerprint density at radius 1 is 1.10 bits per heavy atom. The maximum absolute atomic E-state index is 12.3. The van der Waals surface area contributed by atoms with Crippen molar-refractivity contribution < 1.29 is 9.53 Å². The van der Waals surface area contributed by atoms with Crippen LogP contribution in [0.4, 0.5) is 0 Å². The largest absolute Gasteiger partial charge is 0.460 e. The molecule has 0 amide bonds. The van der Waals surface area contributed by atoms with E-state index in [0.717, 1.165) is 17.7 Å². The summed E-state index contributed by atoms with van der Waals surface area (Å²) >= 11 is 0. The molecular weight excluding hydrogens is 250 g/mol. The van der Waals surface area contributed by atoms with Gasteiger partial charge in [-0.15, -0.1) is 0 Å². The van der Waals surface area contributed by atoms with E-state index in [0.29, 0.717) is 13.2 Å². The van der Waals surface area contributed by atoms with Crippen molar-refractivity contribution in [3.8, 4) is 0 Å². The highest BCUT2D eigenvalue weighted by Gasteiger charge is 2.27. The van der Waals surface area contributed by atoms with Gasteiger partial charge in [0.1, 0.15) is 6.61 Å². The summed E-state index contributed by atoms with van der Waals surface area (Å²) in [4.78, 5) is 12.3. The Bertz CT molecular complexity index is 595. The molecule has 1 unspecified atom stereocenters. The first-order valence-electron chi connectivity index (χ1n) is 6.83. The van der Waals surface area contributed by atoms with Crippen molar-refractivity contribution >= 4 is 5.97 Å². The topological polar surface area (TPSA) is 38.3 Å². The smallest absolute Gasteiger partial charge is 0.315 e. The first-order chi connectivity index (χ1) is 9.84. The molecule has 0 radical (unpaired) electrons. The van der Waals surface area contributed by atoms with Crippen molar-refractivity contribution in [3.05, 3.63) is 71.3 Å². The molecule has 3 nitrogen and oxygen atoms in total. The molecule has 102 valence electrons. The minimum atomic E-state index is -0.205. The van der Waals surface area contributed by atoms with Crippen molar-refractivity contribution in [1.82, 2.24) is 5.32 Å². The summed E-state index contributed by atoms with van der Waals surface area (Å²) in [5.74, 6) is -0.364. The number of rotatable bonds is 3. The summed E-state index contributed by atoms with van der Waals surface area (Å²) in [5.41, 5.74) is 3.28. The molecule has 0 spiro atoms. The third-order valence-corrected chi connectivity index (χ3v) is 3.60. The highest BCUT2D eigenvalue weighted by molar-refractivity contribution is 5.79. The molecule has 2 aromatic carbocycles. The molecule has 0 aliphatic carbocycles. The number of hydrogen-bond donors (Lipinski definition) is 1. The number of ether oxygens (including phenoxy) is 1. The standard InChI is InChI=1S/C17H17NO2/c19-17(20-12-13-6-2-1-3-7-13)16-11-18-10-14-8-4-5-9-15(14)16/h1-9,16,18H,10-12H2. The Balaban J connectivity index is 1.69. The first kappa shape index (κ1) is 12.9. The molecule has 20 heavy (non-hydrogen) atoms. The molecule has 0 fully saturated rings. The monoisotopic (exact) mass is 267 g/mol. The van der Waals surface area contributed by atoms with E-state index in [1.54, 1.807) is 0 Å². The predicted molar refractivity (Wildman–Crippen MR) is 77.1 cm³/mol. The van der Waals surface area contributed by atoms with Crippen LogP contribution in [0.3, 0.4) is 0 Å². The van der Waals surface area contributed by atoms with Gasteiger partial charge in [-0.3, -0.25) is 4.79 Å². The Hall–Kier alpha value is -2.13. The van der Waals surface area contributed by atoms with E-state index in [4.69, 9.17) is 4.74 Å². The lowest BCUT2D eigenvalue weighted by atomic mass is 9.91. The lowest BCUT2D eigenvalue weighted by Gasteiger charge is -2.24. The van der Waals surface area contributed by atoms with Gasteiger partial charge < -0.3 is 10.1 Å². The average molecular weight is 267 g/mol. The third kappa shape index (κ3) is 2.73. The Morgan fingerprint density at radius 2 is 1.85 bits per heavy atom. The summed E-state index contributed by atoms with van der Waals surface area (Å²) in [6.07, 6.45) is 0. The zero-order valence-corrected chi connectivity index (χ0v) is 11.2. The van der Waals surface area contributed by atoms with Crippen LogP contribution in [0.5, 0.6) is 0 Å². The zero-order chi connectivity index (χ0) is 13.8. The summed E-state index contributed by atoms with van der Waals surface area (Å²) in [5, 5.41) is 3.27. The molecule has 0 aromatic heterocycles. The van der Waals surface area contributed by atoms with E-state index in [1.807, 2.05) is 48.5 Å². The van der Waals surface area contributed by atoms with Gasteiger partial charge >= 0.3 is 5.97 Å². The van der Waals surface area contributed by atoms with Crippen LogP contribution >= 0.6 is 0 Å². The van der Waals surface area contributed by atoms with Crippen LogP contribution < -0.4 is 5.32 Å². The number of esters is 1. The number of fused-ring (bicyclic) bond motifs is 1. The second-order valence-corrected chi connectivity index (χ2v) is 4.98. The lowest BCUT2D eigenvalue weighted by molar-refractivity contribution is -0.146. The van der Waals surface area contributed by atoms with Gasteiger partial charge in [0.05, 0.1) is 5.92 Å². The van der Waals surface area contributed by atoms with Crippen LogP contribution in [0.2, 0.25) is 0 Å². The van der Waals surface area contributed by atoms with Crippen LogP contribution in [0, 0.1) is 0 Å². The molecular formula is C17H17NO2. The van der Waals surface area contributed by atoms with E-state index in [1.165, 1.54) is 5.56 Å². The van der Waals surface area contributed by atoms with Gasteiger partial charge in [-0.25, -0.2) is 0 Å². The Kier molecular flexibility index (Phi) is 3.79. The van der Waals surface area contributed by atoms with E-state index < -0.39 is 0 Å². The number of carbonyl (C=O) groups is 1. The number of benzene rings is 2. The number of nitrogens with one attached hydrogen (secondary N) is 1. The molecule has 2 aromatic rings. The molecule has 1 aliphatic heterocycles. The molecule has 1 heterocycles. The lowest BCUT2D eigenvalue weighted by Crippen LogP contribution is -2.33. The number of carbonyl (C=O) groups excluding carboxylic acids is 1. The van der Waals surface area contributed by atoms with Gasteiger partial charge in [0.2, 0.25) is 0 Å². The Labute approximate surface area is 118 Å². The molecule has 3 heteroatoms. The zero-order valence-electron chi connectivity index (χ0n) is 11.2. The molecule has 3 rings (SSSR count). The summed E-state index contributed by atoms with van der Waals surface area (Å²) in [6.45, 7) is 1.79. The maximum atomic E-state index is 12.3. The van der Waals surface area contributed by atoms with Gasteiger partial charge in [0.15, 0.2) is 0 Å². The molecule has 1 atom stereocenters. The fourth-order valence-electron chi connectivity index (χ4n) is 2.54. The number of hydrogen-bond acceptors (Lipinski definition) is 3. The van der Waals surface area contributed by atoms with Gasteiger partial charge in [0, 0.05) is 13.1 Å². The fourth-order valence-corrected chi connectivity index (χ4v) is 2.54. The SMILES string of the molecule is O=C(OCc1ccccc1)C1CNCc2ccccc21. The highest BCUT2D eigenvalue weighted by Crippen LogP contribution is 2.25. The van der Waals surface area contributed by atoms with E-state index in [9.17, 15) is 4.79 Å². The summed E-state index contributed by atoms with van der Waals surface area (Å²) in [6, 6.07) is 17.8. The molecule has 0 bridgehead atoms. The van der Waals surface area contributed by atoms with Crippen LogP contribution in [0.15, 0.2) is 54.6 Å². The average Bonchev–Trinajstić information content (AvgIpc) is 2.53. The van der Waals surface area contributed by atoms with Gasteiger partial charge in [-0.05, 0) is 16.7 Å². The van der Waals surface area contributed by atoms with Crippen molar-refractivity contribution in [1.29, 1.82) is 0 Å². The second kappa shape index (κ2) is 5.88. The minimum absolute atomic E-state index is 0.159. The maximum Gasteiger partial charge on any atom is 0.315 e.